The Morgan fingerprint density at radius 3 is 2.81 bits per heavy atom. The molecule has 3 rings (SSSR count). The lowest BCUT2D eigenvalue weighted by molar-refractivity contribution is 0.319. The van der Waals surface area contributed by atoms with Crippen LogP contribution in [0.25, 0.3) is 0 Å². The molecule has 0 atom stereocenters. The summed E-state index contributed by atoms with van der Waals surface area (Å²) in [6, 6.07) is 0.545. The van der Waals surface area contributed by atoms with E-state index in [2.05, 4.69) is 15.1 Å². The molecule has 0 spiro atoms. The minimum Gasteiger partial charge on any atom is -0.312 e. The Kier molecular flexibility index (Phi) is 2.59. The van der Waals surface area contributed by atoms with Gasteiger partial charge in [0.25, 0.3) is 5.56 Å². The van der Waals surface area contributed by atoms with E-state index in [-0.39, 0.29) is 5.56 Å². The molecule has 4 nitrogen and oxygen atoms in total. The average molecular weight is 221 g/mol. The highest BCUT2D eigenvalue weighted by Crippen LogP contribution is 2.29. The van der Waals surface area contributed by atoms with Crippen LogP contribution in [-0.4, -0.2) is 16.3 Å². The number of nitrogens with zero attached hydrogens (tertiary/aromatic N) is 1. The predicted molar refractivity (Wildman–Crippen MR) is 62.6 cm³/mol. The van der Waals surface area contributed by atoms with Crippen molar-refractivity contribution in [3.8, 4) is 0 Å². The lowest BCUT2D eigenvalue weighted by Gasteiger charge is -2.26. The Balaban J connectivity index is 1.97. The van der Waals surface area contributed by atoms with E-state index >= 15 is 0 Å². The monoisotopic (exact) mass is 221 g/mol. The fourth-order valence-electron chi connectivity index (χ4n) is 3.05. The lowest BCUT2D eigenvalue weighted by atomic mass is 9.95. The van der Waals surface area contributed by atoms with Crippen LogP contribution in [0.3, 0.4) is 0 Å². The van der Waals surface area contributed by atoms with E-state index in [1.54, 1.807) is 0 Å². The van der Waals surface area contributed by atoms with E-state index < -0.39 is 0 Å². The first kappa shape index (κ1) is 10.1. The Morgan fingerprint density at radius 1 is 1.19 bits per heavy atom. The number of rotatable bonds is 1. The number of aromatic nitrogens is 2. The first-order valence-electron chi connectivity index (χ1n) is 6.39. The average Bonchev–Trinajstić information content (AvgIpc) is 2.69. The zero-order valence-corrected chi connectivity index (χ0v) is 9.59. The van der Waals surface area contributed by atoms with Crippen molar-refractivity contribution >= 4 is 0 Å². The normalized spacial score (nSPS) is 22.0. The molecule has 2 N–H and O–H groups in total. The van der Waals surface area contributed by atoms with Crippen molar-refractivity contribution in [1.82, 2.24) is 15.1 Å². The first-order chi connectivity index (χ1) is 7.86. The first-order valence-corrected chi connectivity index (χ1v) is 6.39. The molecule has 1 aliphatic carbocycles. The van der Waals surface area contributed by atoms with Gasteiger partial charge in [0.1, 0.15) is 0 Å². The number of hydrogen-bond donors (Lipinski definition) is 2. The van der Waals surface area contributed by atoms with Gasteiger partial charge in [0.2, 0.25) is 0 Å². The molecule has 1 aromatic heterocycles. The maximum atomic E-state index is 11.8. The van der Waals surface area contributed by atoms with Crippen LogP contribution in [0.5, 0.6) is 0 Å². The van der Waals surface area contributed by atoms with Crippen LogP contribution in [0.4, 0.5) is 0 Å². The van der Waals surface area contributed by atoms with Crippen molar-refractivity contribution in [2.75, 3.05) is 6.54 Å². The Hall–Kier alpha value is -1.03. The molecule has 1 aliphatic heterocycles. The number of fused-ring (bicyclic) bond motifs is 1. The third-order valence-electron chi connectivity index (χ3n) is 3.92. The summed E-state index contributed by atoms with van der Waals surface area (Å²) in [5, 5.41) is 6.31. The van der Waals surface area contributed by atoms with Gasteiger partial charge in [-0.25, -0.2) is 0 Å². The van der Waals surface area contributed by atoms with Crippen molar-refractivity contribution in [3.63, 3.8) is 0 Å². The maximum Gasteiger partial charge on any atom is 0.268 e. The lowest BCUT2D eigenvalue weighted by Crippen LogP contribution is -2.27. The van der Waals surface area contributed by atoms with Gasteiger partial charge in [-0.05, 0) is 12.8 Å². The van der Waals surface area contributed by atoms with Crippen LogP contribution in [0.1, 0.15) is 49.4 Å². The van der Waals surface area contributed by atoms with E-state index in [1.165, 1.54) is 37.8 Å². The molecule has 1 aromatic rings. The number of hydrogen-bond acceptors (Lipinski definition) is 2. The van der Waals surface area contributed by atoms with Gasteiger partial charge in [0, 0.05) is 25.2 Å². The van der Waals surface area contributed by atoms with Gasteiger partial charge in [-0.15, -0.1) is 0 Å². The van der Waals surface area contributed by atoms with Gasteiger partial charge in [-0.1, -0.05) is 19.3 Å². The van der Waals surface area contributed by atoms with Crippen molar-refractivity contribution in [1.29, 1.82) is 0 Å². The highest BCUT2D eigenvalue weighted by Gasteiger charge is 2.23. The largest absolute Gasteiger partial charge is 0.312 e. The summed E-state index contributed by atoms with van der Waals surface area (Å²) in [5.74, 6) is 0. The summed E-state index contributed by atoms with van der Waals surface area (Å²) in [6.07, 6.45) is 7.40. The van der Waals surface area contributed by atoms with Gasteiger partial charge in [-0.2, -0.15) is 0 Å². The second-order valence-electron chi connectivity index (χ2n) is 4.95. The van der Waals surface area contributed by atoms with Crippen LogP contribution in [0, 0.1) is 0 Å². The quantitative estimate of drug-likeness (QED) is 0.751. The van der Waals surface area contributed by atoms with E-state index in [0.717, 1.165) is 25.1 Å². The number of aromatic amines is 1. The SMILES string of the molecule is O=c1[nH]n(C2CCCCC2)c2c1CNCC2. The number of nitrogens with one attached hydrogen (secondary N) is 2. The topological polar surface area (TPSA) is 49.8 Å². The molecule has 0 saturated heterocycles. The van der Waals surface area contributed by atoms with Crippen molar-refractivity contribution in [2.45, 2.75) is 51.1 Å². The number of H-pyrrole nitrogens is 1. The van der Waals surface area contributed by atoms with E-state index in [1.807, 2.05) is 0 Å². The van der Waals surface area contributed by atoms with Gasteiger partial charge < -0.3 is 5.32 Å². The molecule has 88 valence electrons. The van der Waals surface area contributed by atoms with Crippen LogP contribution in [0.15, 0.2) is 4.79 Å². The predicted octanol–water partition coefficient (Wildman–Crippen LogP) is 1.33. The summed E-state index contributed by atoms with van der Waals surface area (Å²) in [7, 11) is 0. The zero-order chi connectivity index (χ0) is 11.0. The van der Waals surface area contributed by atoms with Crippen LogP contribution < -0.4 is 10.9 Å². The summed E-state index contributed by atoms with van der Waals surface area (Å²) in [4.78, 5) is 11.8. The van der Waals surface area contributed by atoms with Crippen molar-refractivity contribution < 1.29 is 0 Å². The Morgan fingerprint density at radius 2 is 2.00 bits per heavy atom. The molecule has 16 heavy (non-hydrogen) atoms. The molecular weight excluding hydrogens is 202 g/mol. The van der Waals surface area contributed by atoms with Crippen molar-refractivity contribution in [2.24, 2.45) is 0 Å². The molecule has 2 aliphatic rings. The standard InChI is InChI=1S/C12H19N3O/c16-12-10-8-13-7-6-11(10)15(14-12)9-4-2-1-3-5-9/h9,13H,1-8H2,(H,14,16). The maximum absolute atomic E-state index is 11.8. The molecule has 0 radical (unpaired) electrons. The minimum absolute atomic E-state index is 0.118. The smallest absolute Gasteiger partial charge is 0.268 e. The fraction of sp³-hybridized carbons (Fsp3) is 0.750. The van der Waals surface area contributed by atoms with Gasteiger partial charge in [0.15, 0.2) is 0 Å². The summed E-state index contributed by atoms with van der Waals surface area (Å²) >= 11 is 0. The molecule has 0 aromatic carbocycles. The van der Waals surface area contributed by atoms with E-state index in [4.69, 9.17) is 0 Å². The highest BCUT2D eigenvalue weighted by atomic mass is 16.1. The minimum atomic E-state index is 0.118. The highest BCUT2D eigenvalue weighted by molar-refractivity contribution is 5.21. The van der Waals surface area contributed by atoms with Crippen LogP contribution in [0.2, 0.25) is 0 Å². The summed E-state index contributed by atoms with van der Waals surface area (Å²) in [5.41, 5.74) is 2.35. The van der Waals surface area contributed by atoms with Crippen LogP contribution in [-0.2, 0) is 13.0 Å². The molecule has 1 fully saturated rings. The molecule has 2 heterocycles. The summed E-state index contributed by atoms with van der Waals surface area (Å²) < 4.78 is 2.18. The van der Waals surface area contributed by atoms with Gasteiger partial charge in [-0.3, -0.25) is 14.6 Å². The molecule has 4 heteroatoms. The summed E-state index contributed by atoms with van der Waals surface area (Å²) in [6.45, 7) is 1.74. The van der Waals surface area contributed by atoms with E-state index in [0.29, 0.717) is 6.04 Å². The third-order valence-corrected chi connectivity index (χ3v) is 3.92. The van der Waals surface area contributed by atoms with Gasteiger partial charge >= 0.3 is 0 Å². The second kappa shape index (κ2) is 4.09. The Bertz CT molecular complexity index is 426. The molecule has 0 amide bonds. The molecule has 1 saturated carbocycles. The zero-order valence-electron chi connectivity index (χ0n) is 9.59. The van der Waals surface area contributed by atoms with Crippen molar-refractivity contribution in [3.05, 3.63) is 21.6 Å². The molecular formula is C12H19N3O. The fourth-order valence-corrected chi connectivity index (χ4v) is 3.05. The second-order valence-corrected chi connectivity index (χ2v) is 4.95. The third kappa shape index (κ3) is 1.61. The van der Waals surface area contributed by atoms with Gasteiger partial charge in [0.05, 0.1) is 11.6 Å². The van der Waals surface area contributed by atoms with Crippen LogP contribution >= 0.6 is 0 Å². The molecule has 0 unspecified atom stereocenters. The Labute approximate surface area is 95.0 Å². The van der Waals surface area contributed by atoms with E-state index in [9.17, 15) is 4.79 Å². The molecule has 0 bridgehead atoms.